The van der Waals surface area contributed by atoms with Gasteiger partial charge in [0.1, 0.15) is 11.5 Å². The van der Waals surface area contributed by atoms with Gasteiger partial charge in [0.15, 0.2) is 0 Å². The molecule has 1 aliphatic carbocycles. The van der Waals surface area contributed by atoms with Gasteiger partial charge in [0.05, 0.1) is 19.2 Å². The van der Waals surface area contributed by atoms with Crippen LogP contribution in [0.4, 0.5) is 0 Å². The molecular weight excluding hydrogens is 320 g/mol. The molecule has 1 saturated carbocycles. The highest BCUT2D eigenvalue weighted by Crippen LogP contribution is 2.47. The molecule has 4 rings (SSSR count). The van der Waals surface area contributed by atoms with Gasteiger partial charge in [-0.2, -0.15) is 0 Å². The van der Waals surface area contributed by atoms with Crippen molar-refractivity contribution in [2.45, 2.75) is 51.4 Å². The largest absolute Gasteiger partial charge is 0.464 e. The van der Waals surface area contributed by atoms with Crippen LogP contribution in [0.1, 0.15) is 42.6 Å². The number of aliphatic hydroxyl groups is 1. The van der Waals surface area contributed by atoms with Gasteiger partial charge in [-0.05, 0) is 31.5 Å². The highest BCUT2D eigenvalue weighted by Gasteiger charge is 2.37. The highest BCUT2D eigenvalue weighted by atomic mass is 16.4. The predicted molar refractivity (Wildman–Crippen MR) is 90.8 cm³/mol. The fourth-order valence-electron chi connectivity index (χ4n) is 3.76. The molecular formula is C18H26N4O3. The normalized spacial score (nSPS) is 29.6. The average molecular weight is 346 g/mol. The molecule has 0 radical (unpaired) electrons. The number of hydrogen-bond acceptors (Lipinski definition) is 7. The van der Waals surface area contributed by atoms with Crippen LogP contribution in [0.25, 0.3) is 0 Å². The SMILES string of the molecule is Cc1nnc(CN(C)[C@@H]2CN(Cc3ccc([C@@H]4C[C@@H]4C)o3)C[C@H]2O)o1. The lowest BCUT2D eigenvalue weighted by molar-refractivity contribution is 0.0898. The van der Waals surface area contributed by atoms with E-state index in [1.807, 2.05) is 7.05 Å². The maximum absolute atomic E-state index is 10.4. The molecule has 2 fully saturated rings. The van der Waals surface area contributed by atoms with Crippen LogP contribution in [-0.4, -0.2) is 57.4 Å². The van der Waals surface area contributed by atoms with Crippen LogP contribution in [0, 0.1) is 12.8 Å². The van der Waals surface area contributed by atoms with E-state index in [0.717, 1.165) is 30.5 Å². The molecule has 1 aliphatic heterocycles. The zero-order chi connectivity index (χ0) is 17.6. The first kappa shape index (κ1) is 16.8. The topological polar surface area (TPSA) is 78.8 Å². The Balaban J connectivity index is 1.33. The predicted octanol–water partition coefficient (Wildman–Crippen LogP) is 1.77. The third kappa shape index (κ3) is 3.63. The van der Waals surface area contributed by atoms with Crippen molar-refractivity contribution >= 4 is 0 Å². The van der Waals surface area contributed by atoms with Crippen LogP contribution in [0.5, 0.6) is 0 Å². The number of rotatable bonds is 6. The molecule has 1 saturated heterocycles. The number of furan rings is 1. The summed E-state index contributed by atoms with van der Waals surface area (Å²) in [5.74, 6) is 4.60. The molecule has 136 valence electrons. The minimum absolute atomic E-state index is 0.0464. The summed E-state index contributed by atoms with van der Waals surface area (Å²) in [7, 11) is 1.98. The molecule has 0 spiro atoms. The van der Waals surface area contributed by atoms with Crippen molar-refractivity contribution < 1.29 is 13.9 Å². The van der Waals surface area contributed by atoms with Crippen LogP contribution in [0.15, 0.2) is 21.0 Å². The van der Waals surface area contributed by atoms with Gasteiger partial charge in [-0.25, -0.2) is 0 Å². The molecule has 1 N–H and O–H groups in total. The third-order valence-electron chi connectivity index (χ3n) is 5.39. The maximum atomic E-state index is 10.4. The number of hydrogen-bond donors (Lipinski definition) is 1. The number of aromatic nitrogens is 2. The first-order valence-corrected chi connectivity index (χ1v) is 8.98. The zero-order valence-corrected chi connectivity index (χ0v) is 15.1. The summed E-state index contributed by atoms with van der Waals surface area (Å²) in [4.78, 5) is 4.32. The Morgan fingerprint density at radius 1 is 1.28 bits per heavy atom. The first-order valence-electron chi connectivity index (χ1n) is 8.98. The van der Waals surface area contributed by atoms with Crippen molar-refractivity contribution in [2.24, 2.45) is 5.92 Å². The summed E-state index contributed by atoms with van der Waals surface area (Å²) in [5, 5.41) is 18.3. The number of likely N-dealkylation sites (N-methyl/N-ethyl adjacent to an activating group) is 1. The van der Waals surface area contributed by atoms with Crippen LogP contribution < -0.4 is 0 Å². The van der Waals surface area contributed by atoms with Gasteiger partial charge in [-0.3, -0.25) is 9.80 Å². The van der Waals surface area contributed by atoms with E-state index in [1.165, 1.54) is 6.42 Å². The van der Waals surface area contributed by atoms with Crippen LogP contribution in [0.3, 0.4) is 0 Å². The molecule has 3 heterocycles. The summed E-state index contributed by atoms with van der Waals surface area (Å²) < 4.78 is 11.4. The minimum atomic E-state index is -0.396. The van der Waals surface area contributed by atoms with Crippen LogP contribution in [0.2, 0.25) is 0 Å². The Hall–Kier alpha value is -1.70. The van der Waals surface area contributed by atoms with Gasteiger partial charge >= 0.3 is 0 Å². The second kappa shape index (κ2) is 6.55. The van der Waals surface area contributed by atoms with Crippen molar-refractivity contribution in [3.05, 3.63) is 35.4 Å². The summed E-state index contributed by atoms with van der Waals surface area (Å²) in [6.45, 7) is 6.76. The fraction of sp³-hybridized carbons (Fsp3) is 0.667. The Labute approximate surface area is 147 Å². The molecule has 0 amide bonds. The molecule has 7 nitrogen and oxygen atoms in total. The third-order valence-corrected chi connectivity index (χ3v) is 5.39. The van der Waals surface area contributed by atoms with Gasteiger partial charge in [-0.15, -0.1) is 10.2 Å². The second-order valence-corrected chi connectivity index (χ2v) is 7.58. The molecule has 2 aromatic heterocycles. The lowest BCUT2D eigenvalue weighted by Crippen LogP contribution is -2.40. The lowest BCUT2D eigenvalue weighted by Gasteiger charge is -2.24. The van der Waals surface area contributed by atoms with E-state index in [4.69, 9.17) is 8.83 Å². The number of aryl methyl sites for hydroxylation is 1. The van der Waals surface area contributed by atoms with Crippen molar-refractivity contribution in [3.63, 3.8) is 0 Å². The van der Waals surface area contributed by atoms with E-state index in [0.29, 0.717) is 30.8 Å². The Morgan fingerprint density at radius 3 is 2.76 bits per heavy atom. The smallest absolute Gasteiger partial charge is 0.230 e. The van der Waals surface area contributed by atoms with Gasteiger partial charge in [-0.1, -0.05) is 6.92 Å². The number of nitrogens with zero attached hydrogens (tertiary/aromatic N) is 4. The Bertz CT molecular complexity index is 727. The van der Waals surface area contributed by atoms with Crippen molar-refractivity contribution in [3.8, 4) is 0 Å². The summed E-state index contributed by atoms with van der Waals surface area (Å²) in [6, 6.07) is 4.23. The summed E-state index contributed by atoms with van der Waals surface area (Å²) in [6.07, 6.45) is 0.837. The van der Waals surface area contributed by atoms with E-state index in [2.05, 4.69) is 39.1 Å². The van der Waals surface area contributed by atoms with E-state index >= 15 is 0 Å². The molecule has 7 heteroatoms. The molecule has 0 aromatic carbocycles. The van der Waals surface area contributed by atoms with Crippen molar-refractivity contribution in [1.82, 2.24) is 20.0 Å². The summed E-state index contributed by atoms with van der Waals surface area (Å²) in [5.41, 5.74) is 0. The standard InChI is InChI=1S/C18H26N4O3/c1-11-6-14(11)17-5-4-13(25-17)7-22-8-15(16(23)9-22)21(3)10-18-20-19-12(2)24-18/h4-5,11,14-16,23H,6-10H2,1-3H3/t11-,14+,15+,16+/m0/s1. The molecule has 4 atom stereocenters. The Kier molecular flexibility index (Phi) is 4.39. The van der Waals surface area contributed by atoms with Gasteiger partial charge in [0.2, 0.25) is 11.8 Å². The van der Waals surface area contributed by atoms with Crippen LogP contribution >= 0.6 is 0 Å². The van der Waals surface area contributed by atoms with Gasteiger partial charge in [0.25, 0.3) is 0 Å². The molecule has 2 aliphatic rings. The van der Waals surface area contributed by atoms with Crippen LogP contribution in [-0.2, 0) is 13.1 Å². The second-order valence-electron chi connectivity index (χ2n) is 7.58. The molecule has 25 heavy (non-hydrogen) atoms. The minimum Gasteiger partial charge on any atom is -0.464 e. The quantitative estimate of drug-likeness (QED) is 0.854. The zero-order valence-electron chi connectivity index (χ0n) is 15.1. The van der Waals surface area contributed by atoms with E-state index in [-0.39, 0.29) is 6.04 Å². The number of aliphatic hydroxyl groups excluding tert-OH is 1. The monoisotopic (exact) mass is 346 g/mol. The maximum Gasteiger partial charge on any atom is 0.230 e. The van der Waals surface area contributed by atoms with Gasteiger partial charge in [0, 0.05) is 32.0 Å². The highest BCUT2D eigenvalue weighted by molar-refractivity contribution is 5.17. The lowest BCUT2D eigenvalue weighted by atomic mass is 10.2. The summed E-state index contributed by atoms with van der Waals surface area (Å²) >= 11 is 0. The number of likely N-dealkylation sites (tertiary alicyclic amines) is 1. The van der Waals surface area contributed by atoms with Crippen molar-refractivity contribution in [1.29, 1.82) is 0 Å². The molecule has 0 unspecified atom stereocenters. The van der Waals surface area contributed by atoms with E-state index in [9.17, 15) is 5.11 Å². The average Bonchev–Trinajstić information content (AvgIpc) is 2.95. The van der Waals surface area contributed by atoms with Gasteiger partial charge < -0.3 is 13.9 Å². The molecule has 0 bridgehead atoms. The first-order chi connectivity index (χ1) is 12.0. The van der Waals surface area contributed by atoms with E-state index in [1.54, 1.807) is 6.92 Å². The van der Waals surface area contributed by atoms with E-state index < -0.39 is 6.10 Å². The molecule has 2 aromatic rings. The van der Waals surface area contributed by atoms with Crippen molar-refractivity contribution in [2.75, 3.05) is 20.1 Å². The number of β-amino-alcohol motifs (C(OH)–C–C–N with tert-alkyl or cyclic N) is 1. The Morgan fingerprint density at radius 2 is 2.08 bits per heavy atom. The fourth-order valence-corrected chi connectivity index (χ4v) is 3.76.